The second kappa shape index (κ2) is 7.13. The number of oxazole rings is 1. The molecule has 3 aromatic carbocycles. The van der Waals surface area contributed by atoms with Gasteiger partial charge in [0.25, 0.3) is 5.69 Å². The number of halogens is 1. The summed E-state index contributed by atoms with van der Waals surface area (Å²) in [6, 6.07) is 16.4. The van der Waals surface area contributed by atoms with Crippen LogP contribution in [0.1, 0.15) is 5.56 Å². The normalized spacial score (nSPS) is 11.3. The lowest BCUT2D eigenvalue weighted by Crippen LogP contribution is -2.01. The Hall–Kier alpha value is -3.71. The number of nitro groups is 1. The molecule has 8 heteroatoms. The molecule has 138 valence electrons. The Morgan fingerprint density at radius 1 is 1.11 bits per heavy atom. The van der Waals surface area contributed by atoms with Crippen molar-refractivity contribution in [1.29, 1.82) is 0 Å². The van der Waals surface area contributed by atoms with Gasteiger partial charge in [-0.2, -0.15) is 0 Å². The number of nitrogens with zero attached hydrogens (tertiary/aromatic N) is 3. The van der Waals surface area contributed by atoms with E-state index in [-0.39, 0.29) is 5.56 Å². The third-order valence-electron chi connectivity index (χ3n) is 4.02. The van der Waals surface area contributed by atoms with Crippen LogP contribution < -0.4 is 5.11 Å². The molecule has 0 atom stereocenters. The lowest BCUT2D eigenvalue weighted by atomic mass is 10.2. The molecule has 0 aliphatic carbocycles. The molecule has 0 radical (unpaired) electrons. The highest BCUT2D eigenvalue weighted by atomic mass is 35.5. The number of hydrogen-bond donors (Lipinski definition) is 0. The number of nitro benzene ring substituents is 1. The predicted molar refractivity (Wildman–Crippen MR) is 104 cm³/mol. The van der Waals surface area contributed by atoms with Gasteiger partial charge in [-0.05, 0) is 47.7 Å². The average Bonchev–Trinajstić information content (AvgIpc) is 3.10. The van der Waals surface area contributed by atoms with Gasteiger partial charge in [-0.15, -0.1) is 0 Å². The number of benzene rings is 3. The van der Waals surface area contributed by atoms with Crippen molar-refractivity contribution in [3.63, 3.8) is 0 Å². The molecule has 0 amide bonds. The zero-order chi connectivity index (χ0) is 19.7. The van der Waals surface area contributed by atoms with Crippen molar-refractivity contribution in [3.05, 3.63) is 81.4 Å². The van der Waals surface area contributed by atoms with Crippen LogP contribution in [0.15, 0.2) is 70.1 Å². The summed E-state index contributed by atoms with van der Waals surface area (Å²) < 4.78 is 5.74. The first-order chi connectivity index (χ1) is 13.5. The first kappa shape index (κ1) is 17.7. The van der Waals surface area contributed by atoms with Crippen molar-refractivity contribution >= 4 is 40.3 Å². The molecule has 1 aromatic heterocycles. The first-order valence-corrected chi connectivity index (χ1v) is 8.54. The van der Waals surface area contributed by atoms with E-state index in [9.17, 15) is 15.2 Å². The Morgan fingerprint density at radius 3 is 2.71 bits per heavy atom. The van der Waals surface area contributed by atoms with Gasteiger partial charge in [-0.1, -0.05) is 29.8 Å². The maximum atomic E-state index is 12.1. The van der Waals surface area contributed by atoms with Crippen LogP contribution in [0.3, 0.4) is 0 Å². The van der Waals surface area contributed by atoms with Crippen molar-refractivity contribution in [3.8, 4) is 17.2 Å². The summed E-state index contributed by atoms with van der Waals surface area (Å²) in [4.78, 5) is 18.8. The Bertz CT molecular complexity index is 1230. The zero-order valence-corrected chi connectivity index (χ0v) is 15.0. The van der Waals surface area contributed by atoms with Gasteiger partial charge >= 0.3 is 0 Å². The summed E-state index contributed by atoms with van der Waals surface area (Å²) in [5.41, 5.74) is 2.10. The Morgan fingerprint density at radius 2 is 1.93 bits per heavy atom. The SMILES string of the molecule is O=[N+]([O-])c1cccc(C=Nc2ccc3oc(-c4cccc(Cl)c4)nc3c2)c1[O-]. The van der Waals surface area contributed by atoms with Crippen molar-refractivity contribution in [2.75, 3.05) is 0 Å². The quantitative estimate of drug-likeness (QED) is 0.279. The van der Waals surface area contributed by atoms with E-state index >= 15 is 0 Å². The lowest BCUT2D eigenvalue weighted by molar-refractivity contribution is -0.398. The predicted octanol–water partition coefficient (Wildman–Crippen LogP) is 4.88. The number of fused-ring (bicyclic) bond motifs is 1. The highest BCUT2D eigenvalue weighted by molar-refractivity contribution is 6.30. The average molecular weight is 393 g/mol. The molecule has 4 rings (SSSR count). The van der Waals surface area contributed by atoms with Crippen molar-refractivity contribution in [2.45, 2.75) is 0 Å². The molecule has 0 saturated carbocycles. The van der Waals surface area contributed by atoms with Gasteiger partial charge in [0.1, 0.15) is 5.52 Å². The number of rotatable bonds is 4. The fraction of sp³-hybridized carbons (Fsp3) is 0. The summed E-state index contributed by atoms with van der Waals surface area (Å²) in [5, 5.41) is 23.5. The van der Waals surface area contributed by atoms with Gasteiger partial charge < -0.3 is 9.52 Å². The highest BCUT2D eigenvalue weighted by Crippen LogP contribution is 2.29. The van der Waals surface area contributed by atoms with E-state index in [0.29, 0.717) is 27.7 Å². The number of aliphatic imine (C=N–C) groups is 1. The molecule has 0 N–H and O–H groups in total. The summed E-state index contributed by atoms with van der Waals surface area (Å²) in [7, 11) is 0. The molecule has 0 aliphatic heterocycles. The van der Waals surface area contributed by atoms with Gasteiger partial charge in [0, 0.05) is 22.9 Å². The fourth-order valence-electron chi connectivity index (χ4n) is 2.67. The first-order valence-electron chi connectivity index (χ1n) is 8.16. The van der Waals surface area contributed by atoms with Crippen LogP contribution in [0, 0.1) is 10.1 Å². The monoisotopic (exact) mass is 392 g/mol. The van der Waals surface area contributed by atoms with Gasteiger partial charge in [-0.3, -0.25) is 15.1 Å². The molecule has 0 aliphatic rings. The van der Waals surface area contributed by atoms with Gasteiger partial charge in [-0.25, -0.2) is 4.98 Å². The van der Waals surface area contributed by atoms with Gasteiger partial charge in [0.15, 0.2) is 5.58 Å². The van der Waals surface area contributed by atoms with E-state index in [2.05, 4.69) is 9.98 Å². The van der Waals surface area contributed by atoms with Crippen LogP contribution in [-0.2, 0) is 0 Å². The van der Waals surface area contributed by atoms with Crippen LogP contribution in [0.5, 0.6) is 5.75 Å². The molecule has 0 spiro atoms. The third-order valence-corrected chi connectivity index (χ3v) is 4.25. The van der Waals surface area contributed by atoms with E-state index in [0.717, 1.165) is 5.56 Å². The minimum atomic E-state index is -0.710. The smallest absolute Gasteiger partial charge is 0.262 e. The van der Waals surface area contributed by atoms with Crippen LogP contribution in [0.2, 0.25) is 5.02 Å². The van der Waals surface area contributed by atoms with Gasteiger partial charge in [0.2, 0.25) is 5.89 Å². The Labute approximate surface area is 163 Å². The van der Waals surface area contributed by atoms with E-state index in [4.69, 9.17) is 16.0 Å². The Balaban J connectivity index is 1.66. The molecule has 1 heterocycles. The van der Waals surface area contributed by atoms with E-state index in [1.807, 2.05) is 12.1 Å². The fourth-order valence-corrected chi connectivity index (χ4v) is 2.86. The topological polar surface area (TPSA) is 105 Å². The van der Waals surface area contributed by atoms with Crippen LogP contribution in [-0.4, -0.2) is 16.1 Å². The third kappa shape index (κ3) is 3.43. The summed E-state index contributed by atoms with van der Waals surface area (Å²) in [6.45, 7) is 0. The lowest BCUT2D eigenvalue weighted by Gasteiger charge is -2.09. The van der Waals surface area contributed by atoms with E-state index in [1.54, 1.807) is 30.3 Å². The van der Waals surface area contributed by atoms with Crippen LogP contribution >= 0.6 is 11.6 Å². The maximum absolute atomic E-state index is 12.1. The second-order valence-corrected chi connectivity index (χ2v) is 6.33. The van der Waals surface area contributed by atoms with Crippen molar-refractivity contribution in [2.24, 2.45) is 4.99 Å². The molecule has 7 nitrogen and oxygen atoms in total. The van der Waals surface area contributed by atoms with Crippen LogP contribution in [0.4, 0.5) is 11.4 Å². The molecular weight excluding hydrogens is 382 g/mol. The van der Waals surface area contributed by atoms with Gasteiger partial charge in [0.05, 0.1) is 10.6 Å². The zero-order valence-electron chi connectivity index (χ0n) is 14.2. The number of aromatic nitrogens is 1. The van der Waals surface area contributed by atoms with Crippen molar-refractivity contribution < 1.29 is 14.4 Å². The minimum Gasteiger partial charge on any atom is -0.867 e. The minimum absolute atomic E-state index is 0.133. The molecule has 0 fully saturated rings. The number of hydrogen-bond acceptors (Lipinski definition) is 6. The summed E-state index contributed by atoms with van der Waals surface area (Å²) in [5.74, 6) is -0.249. The largest absolute Gasteiger partial charge is 0.867 e. The molecular formula is C20H11ClN3O4-. The summed E-state index contributed by atoms with van der Waals surface area (Å²) in [6.07, 6.45) is 1.30. The molecule has 0 bridgehead atoms. The van der Waals surface area contributed by atoms with Crippen LogP contribution in [0.25, 0.3) is 22.6 Å². The Kier molecular flexibility index (Phi) is 4.50. The number of para-hydroxylation sites is 1. The molecule has 4 aromatic rings. The standard InChI is InChI=1S/C20H12ClN3O4/c21-14-5-1-3-12(9-14)20-23-16-10-15(7-8-18(16)28-20)22-11-13-4-2-6-17(19(13)25)24(26)27/h1-11,25H/p-1. The second-order valence-electron chi connectivity index (χ2n) is 5.89. The molecule has 0 saturated heterocycles. The van der Waals surface area contributed by atoms with Crippen molar-refractivity contribution in [1.82, 2.24) is 4.98 Å². The molecule has 28 heavy (non-hydrogen) atoms. The highest BCUT2D eigenvalue weighted by Gasteiger charge is 2.10. The molecule has 0 unspecified atom stereocenters. The van der Waals surface area contributed by atoms with E-state index in [1.165, 1.54) is 24.4 Å². The summed E-state index contributed by atoms with van der Waals surface area (Å²) >= 11 is 6.01. The van der Waals surface area contributed by atoms with E-state index < -0.39 is 16.4 Å². The maximum Gasteiger partial charge on any atom is 0.262 e.